The predicted octanol–water partition coefficient (Wildman–Crippen LogP) is 1.33. The number of rotatable bonds is 5. The number of halogens is 1. The number of imidazole rings is 1. The fourth-order valence-corrected chi connectivity index (χ4v) is 4.10. The molecule has 5 N–H and O–H groups in total. The first-order valence-electron chi connectivity index (χ1n) is 10.6. The largest absolute Gasteiger partial charge is 1.00 e. The van der Waals surface area contributed by atoms with Gasteiger partial charge in [-0.05, 0) is 56.4 Å². The van der Waals surface area contributed by atoms with E-state index < -0.39 is 0 Å². The molecular weight excluding hydrogens is 524 g/mol. The van der Waals surface area contributed by atoms with Gasteiger partial charge >= 0.3 is 68.9 Å². The van der Waals surface area contributed by atoms with Gasteiger partial charge in [0.25, 0.3) is 0 Å². The Kier molecular flexibility index (Phi) is 8.91. The molecule has 1 aliphatic rings. The third-order valence-electron chi connectivity index (χ3n) is 5.74. The Balaban J connectivity index is 0.00000289. The van der Waals surface area contributed by atoms with Crippen LogP contribution >= 0.6 is 0 Å². The van der Waals surface area contributed by atoms with E-state index in [-0.39, 0.29) is 80.8 Å². The molecule has 0 amide bonds. The number of nitrogens with zero attached hydrogens (tertiary/aromatic N) is 3. The molecule has 162 valence electrons. The average Bonchev–Trinajstić information content (AvgIpc) is 3.20. The van der Waals surface area contributed by atoms with Crippen molar-refractivity contribution in [1.82, 2.24) is 14.6 Å². The molecule has 1 aromatic heterocycles. The van der Waals surface area contributed by atoms with Crippen LogP contribution in [-0.2, 0) is 6.42 Å². The summed E-state index contributed by atoms with van der Waals surface area (Å²) in [5.41, 5.74) is 12.3. The van der Waals surface area contributed by atoms with Gasteiger partial charge in [0.1, 0.15) is 5.82 Å². The summed E-state index contributed by atoms with van der Waals surface area (Å²) < 4.78 is 15.3. The van der Waals surface area contributed by atoms with Crippen molar-refractivity contribution >= 4 is 5.69 Å². The van der Waals surface area contributed by atoms with E-state index in [1.54, 1.807) is 11.1 Å². The number of allylic oxidation sites excluding steroid dienone is 1. The molecule has 32 heavy (non-hydrogen) atoms. The standard InChI is InChI=1S/C24H28FN6.Cs/c1-3-17-13-20(11-12-21(17)30-14-16(2)28-15-30)29-24(26)23-6-4-5-22(31(23)27)18-7-9-19(25)10-8-18;/h7,9-15,22,29H,3-6,26-27H2,1-2H3;/q-1;+1/b24-23+;. The van der Waals surface area contributed by atoms with Crippen LogP contribution in [-0.4, -0.2) is 14.6 Å². The SMILES string of the molecule is CCc1cc(N/C(N)=C2\CCCC(c3[c-]cc(F)cc3)N2N)ccc1-n1cnc(C)c1.[Cs+]. The van der Waals surface area contributed by atoms with E-state index in [0.717, 1.165) is 54.0 Å². The molecule has 1 fully saturated rings. The fourth-order valence-electron chi connectivity index (χ4n) is 4.10. The van der Waals surface area contributed by atoms with Crippen molar-refractivity contribution in [1.29, 1.82) is 0 Å². The van der Waals surface area contributed by atoms with E-state index in [0.29, 0.717) is 5.82 Å². The molecule has 0 bridgehead atoms. The zero-order chi connectivity index (χ0) is 22.0. The number of hydrogen-bond acceptors (Lipinski definition) is 5. The molecule has 1 saturated heterocycles. The second-order valence-electron chi connectivity index (χ2n) is 7.88. The van der Waals surface area contributed by atoms with Crippen LogP contribution in [0.1, 0.15) is 49.0 Å². The summed E-state index contributed by atoms with van der Waals surface area (Å²) in [5, 5.41) is 5.02. The zero-order valence-corrected chi connectivity index (χ0v) is 25.2. The molecule has 8 heteroatoms. The van der Waals surface area contributed by atoms with Crippen LogP contribution in [0.25, 0.3) is 5.69 Å². The Morgan fingerprint density at radius 2 is 2.12 bits per heavy atom. The third kappa shape index (κ3) is 5.61. The van der Waals surface area contributed by atoms with E-state index in [9.17, 15) is 4.39 Å². The molecule has 1 atom stereocenters. The number of aromatic nitrogens is 2. The van der Waals surface area contributed by atoms with Crippen molar-refractivity contribution in [2.45, 2.75) is 45.6 Å². The number of benzene rings is 2. The summed E-state index contributed by atoms with van der Waals surface area (Å²) in [4.78, 5) is 4.32. The van der Waals surface area contributed by atoms with Crippen molar-refractivity contribution in [3.05, 3.63) is 89.1 Å². The molecule has 6 nitrogen and oxygen atoms in total. The first-order valence-corrected chi connectivity index (χ1v) is 10.6. The number of aryl methyl sites for hydroxylation is 2. The Hall–Kier alpha value is -1.27. The molecule has 2 heterocycles. The van der Waals surface area contributed by atoms with E-state index in [4.69, 9.17) is 11.6 Å². The normalized spacial score (nSPS) is 17.6. The van der Waals surface area contributed by atoms with E-state index in [1.807, 2.05) is 30.1 Å². The molecule has 1 aliphatic heterocycles. The summed E-state index contributed by atoms with van der Waals surface area (Å²) in [6.07, 6.45) is 7.31. The smallest absolute Gasteiger partial charge is 0.384 e. The van der Waals surface area contributed by atoms with Crippen LogP contribution in [0.2, 0.25) is 0 Å². The number of nitrogens with one attached hydrogen (secondary N) is 1. The zero-order valence-electron chi connectivity index (χ0n) is 18.9. The second-order valence-corrected chi connectivity index (χ2v) is 7.88. The van der Waals surface area contributed by atoms with Crippen LogP contribution in [0.15, 0.2) is 60.4 Å². The fraction of sp³-hybridized carbons (Fsp3) is 0.292. The van der Waals surface area contributed by atoms with Crippen LogP contribution in [0.3, 0.4) is 0 Å². The summed E-state index contributed by atoms with van der Waals surface area (Å²) in [6, 6.07) is 13.6. The molecule has 4 rings (SSSR count). The number of hydrazine groups is 1. The molecule has 0 aliphatic carbocycles. The molecule has 0 radical (unpaired) electrons. The minimum absolute atomic E-state index is 0. The number of anilines is 1. The Morgan fingerprint density at radius 3 is 2.78 bits per heavy atom. The van der Waals surface area contributed by atoms with Crippen molar-refractivity contribution in [3.63, 3.8) is 0 Å². The monoisotopic (exact) mass is 552 g/mol. The molecule has 2 aromatic carbocycles. The number of hydrogen-bond donors (Lipinski definition) is 3. The summed E-state index contributed by atoms with van der Waals surface area (Å²) in [5.74, 6) is 6.66. The summed E-state index contributed by atoms with van der Waals surface area (Å²) in [7, 11) is 0. The van der Waals surface area contributed by atoms with E-state index >= 15 is 0 Å². The van der Waals surface area contributed by atoms with Crippen LogP contribution in [0.4, 0.5) is 10.1 Å². The van der Waals surface area contributed by atoms with Crippen molar-refractivity contribution < 1.29 is 73.3 Å². The summed E-state index contributed by atoms with van der Waals surface area (Å²) >= 11 is 0. The van der Waals surface area contributed by atoms with Gasteiger partial charge in [0.15, 0.2) is 0 Å². The molecule has 1 unspecified atom stereocenters. The van der Waals surface area contributed by atoms with Gasteiger partial charge in [0.05, 0.1) is 17.7 Å². The Labute approximate surface area is 247 Å². The van der Waals surface area contributed by atoms with Crippen LogP contribution in [0.5, 0.6) is 0 Å². The van der Waals surface area contributed by atoms with Gasteiger partial charge in [-0.1, -0.05) is 6.92 Å². The van der Waals surface area contributed by atoms with Gasteiger partial charge in [-0.15, -0.1) is 17.7 Å². The van der Waals surface area contributed by atoms with E-state index in [2.05, 4.69) is 35.4 Å². The third-order valence-corrected chi connectivity index (χ3v) is 5.74. The number of nitrogens with two attached hydrogens (primary N) is 2. The van der Waals surface area contributed by atoms with E-state index in [1.165, 1.54) is 17.7 Å². The van der Waals surface area contributed by atoms with Crippen LogP contribution in [0, 0.1) is 18.8 Å². The second kappa shape index (κ2) is 11.2. The minimum atomic E-state index is -0.305. The van der Waals surface area contributed by atoms with Gasteiger partial charge in [-0.2, -0.15) is 12.1 Å². The topological polar surface area (TPSA) is 85.1 Å². The van der Waals surface area contributed by atoms with Gasteiger partial charge in [-0.25, -0.2) is 10.8 Å². The molecule has 0 spiro atoms. The van der Waals surface area contributed by atoms with Crippen molar-refractivity contribution in [3.8, 4) is 5.69 Å². The maximum absolute atomic E-state index is 13.3. The molecular formula is C24H28CsFN6. The maximum Gasteiger partial charge on any atom is 1.00 e. The van der Waals surface area contributed by atoms with Crippen molar-refractivity contribution in [2.75, 3.05) is 5.32 Å². The van der Waals surface area contributed by atoms with Gasteiger partial charge in [0.2, 0.25) is 0 Å². The first kappa shape index (κ1) is 25.4. The van der Waals surface area contributed by atoms with Crippen LogP contribution < -0.4 is 85.8 Å². The quantitative estimate of drug-likeness (QED) is 0.329. The minimum Gasteiger partial charge on any atom is -0.384 e. The first-order chi connectivity index (χ1) is 15.0. The number of piperidine rings is 1. The van der Waals surface area contributed by atoms with Gasteiger partial charge in [0, 0.05) is 29.4 Å². The Morgan fingerprint density at radius 1 is 1.31 bits per heavy atom. The summed E-state index contributed by atoms with van der Waals surface area (Å²) in [6.45, 7) is 4.10. The predicted molar refractivity (Wildman–Crippen MR) is 120 cm³/mol. The molecule has 3 aromatic rings. The average molecular weight is 552 g/mol. The Bertz CT molecular complexity index is 1090. The maximum atomic E-state index is 13.3. The van der Waals surface area contributed by atoms with Gasteiger partial charge < -0.3 is 20.6 Å². The van der Waals surface area contributed by atoms with Crippen molar-refractivity contribution in [2.24, 2.45) is 11.6 Å². The molecule has 0 saturated carbocycles. The van der Waals surface area contributed by atoms with Gasteiger partial charge in [-0.3, -0.25) is 4.39 Å².